The van der Waals surface area contributed by atoms with E-state index < -0.39 is 12.0 Å². The molecule has 1 aromatic heterocycles. The van der Waals surface area contributed by atoms with Gasteiger partial charge in [-0.25, -0.2) is 4.98 Å². The number of carboxylic acids is 1. The molecule has 0 bridgehead atoms. The molecule has 1 atom stereocenters. The monoisotopic (exact) mass is 238 g/mol. The number of oxazole rings is 1. The number of hydrogen-bond donors (Lipinski definition) is 2. The van der Waals surface area contributed by atoms with Crippen molar-refractivity contribution in [3.8, 4) is 0 Å². The van der Waals surface area contributed by atoms with E-state index in [0.717, 1.165) is 5.52 Å². The van der Waals surface area contributed by atoms with Gasteiger partial charge >= 0.3 is 5.97 Å². The number of benzene rings is 1. The van der Waals surface area contributed by atoms with Crippen molar-refractivity contribution < 1.29 is 14.3 Å². The van der Waals surface area contributed by atoms with Crippen molar-refractivity contribution in [2.24, 2.45) is 5.73 Å². The lowest BCUT2D eigenvalue weighted by Crippen LogP contribution is -2.32. The standard InChI is InChI=1S/C10H10N2O3S/c11-6(9(13)14)5-16-10-12-7-3-1-2-4-8(7)15-10/h1-4,6H,5,11H2,(H,13,14)/t6-/m0/s1. The molecule has 3 N–H and O–H groups in total. The van der Waals surface area contributed by atoms with E-state index in [-0.39, 0.29) is 5.75 Å². The first-order valence-corrected chi connectivity index (χ1v) is 5.62. The van der Waals surface area contributed by atoms with E-state index in [1.165, 1.54) is 11.8 Å². The number of fused-ring (bicyclic) bond motifs is 1. The van der Waals surface area contributed by atoms with E-state index in [1.54, 1.807) is 0 Å². The van der Waals surface area contributed by atoms with Crippen molar-refractivity contribution in [3.05, 3.63) is 24.3 Å². The van der Waals surface area contributed by atoms with Gasteiger partial charge in [-0.1, -0.05) is 23.9 Å². The van der Waals surface area contributed by atoms with Crippen LogP contribution >= 0.6 is 11.8 Å². The highest BCUT2D eigenvalue weighted by Crippen LogP contribution is 2.23. The lowest BCUT2D eigenvalue weighted by molar-refractivity contribution is -0.137. The largest absolute Gasteiger partial charge is 0.480 e. The fourth-order valence-electron chi connectivity index (χ4n) is 1.15. The number of carboxylic acid groups (broad SMARTS) is 1. The van der Waals surface area contributed by atoms with Crippen LogP contribution in [0.1, 0.15) is 0 Å². The summed E-state index contributed by atoms with van der Waals surface area (Å²) in [4.78, 5) is 14.7. The molecule has 5 nitrogen and oxygen atoms in total. The second-order valence-corrected chi connectivity index (χ2v) is 4.17. The minimum atomic E-state index is -1.02. The number of hydrogen-bond acceptors (Lipinski definition) is 5. The Labute approximate surface area is 95.6 Å². The van der Waals surface area contributed by atoms with Crippen LogP contribution in [0.5, 0.6) is 0 Å². The first-order valence-electron chi connectivity index (χ1n) is 4.63. The van der Waals surface area contributed by atoms with Gasteiger partial charge in [0, 0.05) is 5.75 Å². The van der Waals surface area contributed by atoms with Gasteiger partial charge in [0.05, 0.1) is 0 Å². The maximum absolute atomic E-state index is 10.5. The number of nitrogens with two attached hydrogens (primary N) is 1. The molecule has 0 unspecified atom stereocenters. The van der Waals surface area contributed by atoms with Crippen molar-refractivity contribution in [3.63, 3.8) is 0 Å². The molecule has 0 saturated heterocycles. The highest BCUT2D eigenvalue weighted by molar-refractivity contribution is 7.99. The molecular formula is C10H10N2O3S. The Morgan fingerprint density at radius 3 is 3.00 bits per heavy atom. The lowest BCUT2D eigenvalue weighted by atomic mass is 10.3. The lowest BCUT2D eigenvalue weighted by Gasteiger charge is -2.01. The summed E-state index contributed by atoms with van der Waals surface area (Å²) < 4.78 is 5.40. The van der Waals surface area contributed by atoms with E-state index in [0.29, 0.717) is 10.8 Å². The fourth-order valence-corrected chi connectivity index (χ4v) is 1.92. The van der Waals surface area contributed by atoms with Gasteiger partial charge in [-0.15, -0.1) is 0 Å². The number of rotatable bonds is 4. The third-order valence-corrected chi connectivity index (χ3v) is 2.93. The molecule has 0 amide bonds. The molecule has 2 rings (SSSR count). The summed E-state index contributed by atoms with van der Waals surface area (Å²) in [6.45, 7) is 0. The first kappa shape index (κ1) is 11.0. The minimum absolute atomic E-state index is 0.238. The number of nitrogens with zero attached hydrogens (tertiary/aromatic N) is 1. The average molecular weight is 238 g/mol. The predicted molar refractivity (Wildman–Crippen MR) is 60.3 cm³/mol. The number of aromatic nitrogens is 1. The van der Waals surface area contributed by atoms with Gasteiger partial charge in [0.15, 0.2) is 5.58 Å². The maximum atomic E-state index is 10.5. The quantitative estimate of drug-likeness (QED) is 0.781. The molecule has 0 saturated carbocycles. The molecule has 0 spiro atoms. The number of para-hydroxylation sites is 2. The van der Waals surface area contributed by atoms with E-state index in [1.807, 2.05) is 24.3 Å². The van der Waals surface area contributed by atoms with Crippen LogP contribution in [0, 0.1) is 0 Å². The van der Waals surface area contributed by atoms with Gasteiger partial charge in [-0.2, -0.15) is 0 Å². The molecule has 1 heterocycles. The SMILES string of the molecule is N[C@@H](CSc1nc2ccccc2o1)C(=O)O. The van der Waals surface area contributed by atoms with Crippen LogP contribution in [-0.2, 0) is 4.79 Å². The van der Waals surface area contributed by atoms with Gasteiger partial charge in [0.2, 0.25) is 0 Å². The van der Waals surface area contributed by atoms with Gasteiger partial charge < -0.3 is 15.3 Å². The second kappa shape index (κ2) is 4.54. The zero-order chi connectivity index (χ0) is 11.5. The van der Waals surface area contributed by atoms with Crippen molar-refractivity contribution >= 4 is 28.8 Å². The molecule has 84 valence electrons. The molecule has 0 aliphatic rings. The normalized spacial score (nSPS) is 12.8. The van der Waals surface area contributed by atoms with Crippen molar-refractivity contribution in [1.82, 2.24) is 4.98 Å². The molecular weight excluding hydrogens is 228 g/mol. The summed E-state index contributed by atoms with van der Waals surface area (Å²) in [5.74, 6) is -0.786. The van der Waals surface area contributed by atoms with E-state index in [2.05, 4.69) is 4.98 Å². The van der Waals surface area contributed by atoms with Crippen LogP contribution in [0.25, 0.3) is 11.1 Å². The summed E-state index contributed by atoms with van der Waals surface area (Å²) in [5.41, 5.74) is 6.82. The van der Waals surface area contributed by atoms with Crippen LogP contribution in [0.2, 0.25) is 0 Å². The van der Waals surface area contributed by atoms with Crippen LogP contribution < -0.4 is 5.73 Å². The Balaban J connectivity index is 2.07. The average Bonchev–Trinajstić information content (AvgIpc) is 2.68. The summed E-state index contributed by atoms with van der Waals surface area (Å²) in [5, 5.41) is 9.05. The summed E-state index contributed by atoms with van der Waals surface area (Å²) in [6.07, 6.45) is 0. The van der Waals surface area contributed by atoms with Crippen molar-refractivity contribution in [2.75, 3.05) is 5.75 Å². The molecule has 0 aliphatic heterocycles. The smallest absolute Gasteiger partial charge is 0.321 e. The summed E-state index contributed by atoms with van der Waals surface area (Å²) in [7, 11) is 0. The highest BCUT2D eigenvalue weighted by Gasteiger charge is 2.14. The van der Waals surface area contributed by atoms with Crippen LogP contribution in [-0.4, -0.2) is 27.9 Å². The Hall–Kier alpha value is -1.53. The second-order valence-electron chi connectivity index (χ2n) is 3.20. The van der Waals surface area contributed by atoms with Crippen molar-refractivity contribution in [1.29, 1.82) is 0 Å². The number of thioether (sulfide) groups is 1. The van der Waals surface area contributed by atoms with Crippen LogP contribution in [0.3, 0.4) is 0 Å². The summed E-state index contributed by atoms with van der Waals surface area (Å²) >= 11 is 1.20. The van der Waals surface area contributed by atoms with E-state index >= 15 is 0 Å². The first-order chi connectivity index (χ1) is 7.66. The highest BCUT2D eigenvalue weighted by atomic mass is 32.2. The zero-order valence-electron chi connectivity index (χ0n) is 8.29. The van der Waals surface area contributed by atoms with E-state index in [4.69, 9.17) is 15.3 Å². The predicted octanol–water partition coefficient (Wildman–Crippen LogP) is 1.33. The fraction of sp³-hybridized carbons (Fsp3) is 0.200. The topological polar surface area (TPSA) is 89.4 Å². The van der Waals surface area contributed by atoms with Crippen LogP contribution in [0.15, 0.2) is 33.9 Å². The molecule has 6 heteroatoms. The molecule has 1 aromatic carbocycles. The molecule has 0 aliphatic carbocycles. The number of carbonyl (C=O) groups is 1. The van der Waals surface area contributed by atoms with Gasteiger partial charge in [0.1, 0.15) is 11.6 Å². The number of aliphatic carboxylic acids is 1. The molecule has 16 heavy (non-hydrogen) atoms. The van der Waals surface area contributed by atoms with Gasteiger partial charge in [0.25, 0.3) is 5.22 Å². The molecule has 0 radical (unpaired) electrons. The molecule has 0 fully saturated rings. The Kier molecular flexibility index (Phi) is 3.12. The Morgan fingerprint density at radius 1 is 1.56 bits per heavy atom. The van der Waals surface area contributed by atoms with Gasteiger partial charge in [-0.3, -0.25) is 4.79 Å². The maximum Gasteiger partial charge on any atom is 0.321 e. The summed E-state index contributed by atoms with van der Waals surface area (Å²) in [6, 6.07) is 6.46. The zero-order valence-corrected chi connectivity index (χ0v) is 9.11. The minimum Gasteiger partial charge on any atom is -0.480 e. The Bertz CT molecular complexity index is 478. The van der Waals surface area contributed by atoms with Gasteiger partial charge in [-0.05, 0) is 12.1 Å². The third kappa shape index (κ3) is 2.34. The van der Waals surface area contributed by atoms with Crippen LogP contribution in [0.4, 0.5) is 0 Å². The van der Waals surface area contributed by atoms with E-state index in [9.17, 15) is 4.79 Å². The third-order valence-electron chi connectivity index (χ3n) is 1.98. The Morgan fingerprint density at radius 2 is 2.31 bits per heavy atom. The van der Waals surface area contributed by atoms with Crippen molar-refractivity contribution in [2.45, 2.75) is 11.3 Å². The molecule has 2 aromatic rings.